The Morgan fingerprint density at radius 3 is 2.48 bits per heavy atom. The Morgan fingerprint density at radius 1 is 1.24 bits per heavy atom. The molecular formula is C13H20ClN3O3S. The molecule has 0 saturated heterocycles. The number of carbonyl (C=O) groups excluding carboxylic acids is 1. The molecule has 1 rings (SSSR count). The second-order valence-corrected chi connectivity index (χ2v) is 5.19. The molecule has 0 aliphatic carbocycles. The zero-order valence-electron chi connectivity index (χ0n) is 11.8. The van der Waals surface area contributed by atoms with E-state index in [2.05, 4.69) is 17.6 Å². The molecule has 0 spiro atoms. The number of hydrogen-bond acceptors (Lipinski definition) is 5. The highest BCUT2D eigenvalue weighted by Crippen LogP contribution is 2.20. The van der Waals surface area contributed by atoms with Crippen molar-refractivity contribution in [1.82, 2.24) is 10.6 Å². The summed E-state index contributed by atoms with van der Waals surface area (Å²) in [5, 5.41) is 16.5. The van der Waals surface area contributed by atoms with Crippen molar-refractivity contribution in [3.8, 4) is 0 Å². The molecule has 0 saturated carbocycles. The van der Waals surface area contributed by atoms with E-state index in [0.717, 1.165) is 24.4 Å². The molecule has 1 aromatic rings. The maximum absolute atomic E-state index is 11.6. The van der Waals surface area contributed by atoms with Crippen LogP contribution in [0.25, 0.3) is 0 Å². The molecule has 0 heterocycles. The highest BCUT2D eigenvalue weighted by molar-refractivity contribution is 8.00. The third-order valence-corrected chi connectivity index (χ3v) is 3.48. The Morgan fingerprint density at radius 2 is 1.90 bits per heavy atom. The molecule has 0 aromatic heterocycles. The van der Waals surface area contributed by atoms with Crippen molar-refractivity contribution >= 4 is 35.8 Å². The minimum Gasteiger partial charge on any atom is -0.354 e. The summed E-state index contributed by atoms with van der Waals surface area (Å²) in [6, 6.07) is 6.18. The minimum absolute atomic E-state index is 0. The number of hydrogen-bond donors (Lipinski definition) is 2. The largest absolute Gasteiger partial charge is 0.354 e. The molecule has 0 radical (unpaired) electrons. The van der Waals surface area contributed by atoms with Crippen LogP contribution in [0.4, 0.5) is 5.69 Å². The van der Waals surface area contributed by atoms with Crippen LogP contribution >= 0.6 is 24.2 Å². The highest BCUT2D eigenvalue weighted by atomic mass is 35.5. The summed E-state index contributed by atoms with van der Waals surface area (Å²) in [5.74, 6) is 0.276. The first kappa shape index (κ1) is 19.7. The van der Waals surface area contributed by atoms with E-state index in [0.29, 0.717) is 12.3 Å². The summed E-state index contributed by atoms with van der Waals surface area (Å²) in [6.07, 6.45) is 1.07. The van der Waals surface area contributed by atoms with Gasteiger partial charge in [-0.3, -0.25) is 14.9 Å². The first-order chi connectivity index (χ1) is 9.63. The van der Waals surface area contributed by atoms with Crippen molar-refractivity contribution in [2.75, 3.05) is 25.4 Å². The van der Waals surface area contributed by atoms with Crippen molar-refractivity contribution in [2.45, 2.75) is 18.2 Å². The summed E-state index contributed by atoms with van der Waals surface area (Å²) in [5.41, 5.74) is 0.0563. The van der Waals surface area contributed by atoms with Gasteiger partial charge < -0.3 is 10.6 Å². The standard InChI is InChI=1S/C13H19N3O3S.ClH/c1-2-7-14-8-9-15-13(17)10-20-12-5-3-11(4-6-12)16(18)19;/h3-6,14H,2,7-10H2,1H3,(H,15,17);1H. The van der Waals surface area contributed by atoms with Gasteiger partial charge in [0.15, 0.2) is 0 Å². The van der Waals surface area contributed by atoms with Crippen LogP contribution in [0.5, 0.6) is 0 Å². The zero-order chi connectivity index (χ0) is 14.8. The normalized spacial score (nSPS) is 9.76. The molecule has 0 atom stereocenters. The van der Waals surface area contributed by atoms with Gasteiger partial charge in [0, 0.05) is 30.1 Å². The Balaban J connectivity index is 0.00000400. The predicted molar refractivity (Wildman–Crippen MR) is 87.2 cm³/mol. The van der Waals surface area contributed by atoms with E-state index in [1.807, 2.05) is 0 Å². The quantitative estimate of drug-likeness (QED) is 0.313. The number of nitrogens with zero attached hydrogens (tertiary/aromatic N) is 1. The average molecular weight is 334 g/mol. The van der Waals surface area contributed by atoms with Gasteiger partial charge in [0.1, 0.15) is 0 Å². The van der Waals surface area contributed by atoms with Gasteiger partial charge in [-0.15, -0.1) is 24.2 Å². The van der Waals surface area contributed by atoms with E-state index < -0.39 is 4.92 Å². The lowest BCUT2D eigenvalue weighted by Crippen LogP contribution is -2.33. The number of halogens is 1. The van der Waals surface area contributed by atoms with Crippen LogP contribution in [0.2, 0.25) is 0 Å². The van der Waals surface area contributed by atoms with Crippen molar-refractivity contribution < 1.29 is 9.72 Å². The maximum Gasteiger partial charge on any atom is 0.269 e. The SMILES string of the molecule is CCCNCCNC(=O)CSc1ccc([N+](=O)[O-])cc1.Cl. The van der Waals surface area contributed by atoms with Gasteiger partial charge in [0.05, 0.1) is 10.7 Å². The van der Waals surface area contributed by atoms with Crippen molar-refractivity contribution in [3.05, 3.63) is 34.4 Å². The lowest BCUT2D eigenvalue weighted by atomic mass is 10.3. The number of benzene rings is 1. The van der Waals surface area contributed by atoms with E-state index in [4.69, 9.17) is 0 Å². The fraction of sp³-hybridized carbons (Fsp3) is 0.462. The molecule has 0 fully saturated rings. The number of thioether (sulfide) groups is 1. The minimum atomic E-state index is -0.440. The molecule has 0 aliphatic rings. The summed E-state index contributed by atoms with van der Waals surface area (Å²) < 4.78 is 0. The number of nitro groups is 1. The van der Waals surface area contributed by atoms with Crippen LogP contribution in [-0.2, 0) is 4.79 Å². The Labute approximate surface area is 134 Å². The molecule has 2 N–H and O–H groups in total. The number of nitro benzene ring substituents is 1. The lowest BCUT2D eigenvalue weighted by molar-refractivity contribution is -0.384. The van der Waals surface area contributed by atoms with E-state index in [9.17, 15) is 14.9 Å². The molecular weight excluding hydrogens is 314 g/mol. The number of non-ortho nitro benzene ring substituents is 1. The van der Waals surface area contributed by atoms with Gasteiger partial charge in [-0.1, -0.05) is 6.92 Å². The third kappa shape index (κ3) is 8.54. The van der Waals surface area contributed by atoms with E-state index in [-0.39, 0.29) is 24.0 Å². The van der Waals surface area contributed by atoms with Crippen LogP contribution in [0.15, 0.2) is 29.2 Å². The van der Waals surface area contributed by atoms with Crippen molar-refractivity contribution in [1.29, 1.82) is 0 Å². The molecule has 0 aliphatic heterocycles. The number of nitrogens with one attached hydrogen (secondary N) is 2. The monoisotopic (exact) mass is 333 g/mol. The van der Waals surface area contributed by atoms with E-state index >= 15 is 0 Å². The zero-order valence-corrected chi connectivity index (χ0v) is 13.5. The van der Waals surface area contributed by atoms with Gasteiger partial charge in [-0.05, 0) is 25.1 Å². The Kier molecular flexibility index (Phi) is 10.7. The van der Waals surface area contributed by atoms with Crippen molar-refractivity contribution in [3.63, 3.8) is 0 Å². The summed E-state index contributed by atoms with van der Waals surface area (Å²) in [6.45, 7) is 4.42. The van der Waals surface area contributed by atoms with E-state index in [1.165, 1.54) is 23.9 Å². The first-order valence-corrected chi connectivity index (χ1v) is 7.46. The maximum atomic E-state index is 11.6. The van der Waals surface area contributed by atoms with Gasteiger partial charge in [-0.2, -0.15) is 0 Å². The Bertz CT molecular complexity index is 443. The highest BCUT2D eigenvalue weighted by Gasteiger charge is 2.06. The van der Waals surface area contributed by atoms with Gasteiger partial charge in [0.2, 0.25) is 5.91 Å². The number of carbonyl (C=O) groups is 1. The van der Waals surface area contributed by atoms with Crippen molar-refractivity contribution in [2.24, 2.45) is 0 Å². The second kappa shape index (κ2) is 11.4. The fourth-order valence-corrected chi connectivity index (χ4v) is 2.18. The van der Waals surface area contributed by atoms with Gasteiger partial charge in [0.25, 0.3) is 5.69 Å². The molecule has 1 aromatic carbocycles. The lowest BCUT2D eigenvalue weighted by Gasteiger charge is -2.06. The number of rotatable bonds is 9. The summed E-state index contributed by atoms with van der Waals surface area (Å²) in [4.78, 5) is 22.5. The molecule has 8 heteroatoms. The molecule has 1 amide bonds. The third-order valence-electron chi connectivity index (χ3n) is 2.47. The summed E-state index contributed by atoms with van der Waals surface area (Å²) >= 11 is 1.36. The van der Waals surface area contributed by atoms with Crippen LogP contribution in [0.1, 0.15) is 13.3 Å². The molecule has 21 heavy (non-hydrogen) atoms. The van der Waals surface area contributed by atoms with Crippen LogP contribution in [-0.4, -0.2) is 36.2 Å². The van der Waals surface area contributed by atoms with Crippen LogP contribution < -0.4 is 10.6 Å². The summed E-state index contributed by atoms with van der Waals surface area (Å²) in [7, 11) is 0. The van der Waals surface area contributed by atoms with Gasteiger partial charge in [-0.25, -0.2) is 0 Å². The Hall–Kier alpha value is -1.31. The molecule has 118 valence electrons. The number of amides is 1. The van der Waals surface area contributed by atoms with Crippen LogP contribution in [0, 0.1) is 10.1 Å². The first-order valence-electron chi connectivity index (χ1n) is 6.48. The van der Waals surface area contributed by atoms with E-state index in [1.54, 1.807) is 12.1 Å². The predicted octanol–water partition coefficient (Wildman–Crippen LogP) is 2.22. The smallest absolute Gasteiger partial charge is 0.269 e. The molecule has 0 bridgehead atoms. The second-order valence-electron chi connectivity index (χ2n) is 4.14. The van der Waals surface area contributed by atoms with Crippen LogP contribution in [0.3, 0.4) is 0 Å². The molecule has 0 unspecified atom stereocenters. The molecule has 6 nitrogen and oxygen atoms in total. The fourth-order valence-electron chi connectivity index (χ4n) is 1.46. The topological polar surface area (TPSA) is 84.3 Å². The average Bonchev–Trinajstić information content (AvgIpc) is 2.45. The van der Waals surface area contributed by atoms with Gasteiger partial charge >= 0.3 is 0 Å².